The third-order valence-corrected chi connectivity index (χ3v) is 5.86. The first kappa shape index (κ1) is 20.3. The van der Waals surface area contributed by atoms with Crippen LogP contribution in [0, 0.1) is 12.8 Å². The monoisotopic (exact) mass is 433 g/mol. The Labute approximate surface area is 185 Å². The van der Waals surface area contributed by atoms with Gasteiger partial charge >= 0.3 is 0 Å². The molecule has 166 valence electrons. The highest BCUT2D eigenvalue weighted by molar-refractivity contribution is 5.70. The first-order chi connectivity index (χ1) is 15.6. The number of aryl methyl sites for hydroxylation is 2. The quantitative estimate of drug-likeness (QED) is 0.452. The molecule has 1 atom stereocenters. The summed E-state index contributed by atoms with van der Waals surface area (Å²) in [5.74, 6) is 2.22. The number of aromatic nitrogens is 7. The minimum atomic E-state index is -0.0754. The number of rotatable bonds is 6. The van der Waals surface area contributed by atoms with E-state index >= 15 is 0 Å². The summed E-state index contributed by atoms with van der Waals surface area (Å²) in [7, 11) is 1.86. The Morgan fingerprint density at radius 3 is 2.88 bits per heavy atom. The van der Waals surface area contributed by atoms with Gasteiger partial charge in [0.15, 0.2) is 17.2 Å². The van der Waals surface area contributed by atoms with Crippen molar-refractivity contribution in [1.29, 1.82) is 0 Å². The van der Waals surface area contributed by atoms with Crippen LogP contribution >= 0.6 is 0 Å². The second-order valence-corrected chi connectivity index (χ2v) is 8.40. The Balaban J connectivity index is 1.39. The molecule has 1 aliphatic carbocycles. The molecule has 0 spiro atoms. The molecule has 5 rings (SSSR count). The van der Waals surface area contributed by atoms with E-state index < -0.39 is 0 Å². The number of fused-ring (bicyclic) bond motifs is 1. The van der Waals surface area contributed by atoms with Gasteiger partial charge in [0.05, 0.1) is 17.9 Å². The summed E-state index contributed by atoms with van der Waals surface area (Å²) in [6, 6.07) is 1.83. The molecule has 10 nitrogen and oxygen atoms in total. The van der Waals surface area contributed by atoms with E-state index in [0.29, 0.717) is 29.1 Å². The molecule has 4 aromatic rings. The number of anilines is 1. The maximum absolute atomic E-state index is 5.12. The van der Waals surface area contributed by atoms with Gasteiger partial charge in [-0.3, -0.25) is 4.68 Å². The number of hydrogen-bond donors (Lipinski definition) is 1. The van der Waals surface area contributed by atoms with Crippen LogP contribution in [-0.4, -0.2) is 40.7 Å². The zero-order valence-corrected chi connectivity index (χ0v) is 18.6. The van der Waals surface area contributed by atoms with Crippen molar-refractivity contribution in [2.45, 2.75) is 52.0 Å². The van der Waals surface area contributed by atoms with Crippen LogP contribution in [0.1, 0.15) is 56.5 Å². The summed E-state index contributed by atoms with van der Waals surface area (Å²) in [4.78, 5) is 13.7. The van der Waals surface area contributed by atoms with Crippen LogP contribution in [0.4, 0.5) is 11.5 Å². The van der Waals surface area contributed by atoms with E-state index in [1.807, 2.05) is 31.7 Å². The van der Waals surface area contributed by atoms with Crippen LogP contribution in [0.25, 0.3) is 17.2 Å². The van der Waals surface area contributed by atoms with Crippen LogP contribution in [0.2, 0.25) is 0 Å². The lowest BCUT2D eigenvalue weighted by atomic mass is 9.90. The molecule has 1 fully saturated rings. The Morgan fingerprint density at radius 1 is 1.25 bits per heavy atom. The fourth-order valence-electron chi connectivity index (χ4n) is 4.19. The van der Waals surface area contributed by atoms with Crippen molar-refractivity contribution in [2.75, 3.05) is 5.32 Å². The van der Waals surface area contributed by atoms with Crippen LogP contribution in [0.15, 0.2) is 34.2 Å². The average Bonchev–Trinajstić information content (AvgIpc) is 3.51. The molecule has 0 bridgehead atoms. The second kappa shape index (κ2) is 8.52. The van der Waals surface area contributed by atoms with Crippen molar-refractivity contribution in [3.8, 4) is 11.5 Å². The molecule has 0 aromatic carbocycles. The summed E-state index contributed by atoms with van der Waals surface area (Å²) in [5.41, 5.74) is 3.20. The zero-order chi connectivity index (χ0) is 22.1. The fourth-order valence-corrected chi connectivity index (χ4v) is 4.19. The van der Waals surface area contributed by atoms with E-state index in [9.17, 15) is 0 Å². The second-order valence-electron chi connectivity index (χ2n) is 8.40. The van der Waals surface area contributed by atoms with Gasteiger partial charge in [-0.1, -0.05) is 24.4 Å². The van der Waals surface area contributed by atoms with E-state index in [4.69, 9.17) is 9.51 Å². The summed E-state index contributed by atoms with van der Waals surface area (Å²) < 4.78 is 8.63. The number of nitrogens with one attached hydrogen (secondary N) is 1. The molecular formula is C22H27N9O. The lowest BCUT2D eigenvalue weighted by Gasteiger charge is -2.16. The minimum Gasteiger partial charge on any atom is -0.375 e. The molecule has 0 amide bonds. The molecule has 4 aromatic heterocycles. The topological polar surface area (TPSA) is 111 Å². The number of hydrogen-bond acceptors (Lipinski definition) is 8. The Hall–Kier alpha value is -3.56. The number of nitrogens with zero attached hydrogens (tertiary/aromatic N) is 8. The SMILES string of the molecule is Cc1nc(-c2nn(C)cc2NC(C)c2cnn3ccc(N=CC4CCCCC4)nc23)no1. The molecule has 1 aliphatic rings. The highest BCUT2D eigenvalue weighted by atomic mass is 16.5. The van der Waals surface area contributed by atoms with Gasteiger partial charge in [0.25, 0.3) is 0 Å². The summed E-state index contributed by atoms with van der Waals surface area (Å²) in [5, 5.41) is 16.5. The van der Waals surface area contributed by atoms with Crippen molar-refractivity contribution in [1.82, 2.24) is 34.5 Å². The van der Waals surface area contributed by atoms with E-state index in [1.54, 1.807) is 16.1 Å². The standard InChI is InChI=1S/C22H27N9O/c1-14(25-18-13-30(3)28-20(18)21-26-15(2)32-29-21)17-12-24-31-10-9-19(27-22(17)31)23-11-16-7-5-4-6-8-16/h9-14,16,25H,4-8H2,1-3H3. The highest BCUT2D eigenvalue weighted by Gasteiger charge is 2.20. The molecule has 4 heterocycles. The first-order valence-corrected chi connectivity index (χ1v) is 11.1. The van der Waals surface area contributed by atoms with Gasteiger partial charge < -0.3 is 9.84 Å². The highest BCUT2D eigenvalue weighted by Crippen LogP contribution is 2.29. The van der Waals surface area contributed by atoms with Gasteiger partial charge in [-0.15, -0.1) is 0 Å². The fraction of sp³-hybridized carbons (Fsp3) is 0.455. The molecule has 0 radical (unpaired) electrons. The first-order valence-electron chi connectivity index (χ1n) is 11.1. The zero-order valence-electron chi connectivity index (χ0n) is 18.6. The van der Waals surface area contributed by atoms with Crippen molar-refractivity contribution in [2.24, 2.45) is 18.0 Å². The van der Waals surface area contributed by atoms with Gasteiger partial charge in [0, 0.05) is 44.2 Å². The van der Waals surface area contributed by atoms with Crippen LogP contribution in [0.5, 0.6) is 0 Å². The molecule has 10 heteroatoms. The van der Waals surface area contributed by atoms with Crippen LogP contribution < -0.4 is 5.32 Å². The summed E-state index contributed by atoms with van der Waals surface area (Å²) in [6.45, 7) is 3.82. The smallest absolute Gasteiger partial charge is 0.225 e. The molecular weight excluding hydrogens is 406 g/mol. The summed E-state index contributed by atoms with van der Waals surface area (Å²) in [6.07, 6.45) is 14.1. The maximum atomic E-state index is 5.12. The molecule has 0 saturated heterocycles. The molecule has 32 heavy (non-hydrogen) atoms. The maximum Gasteiger partial charge on any atom is 0.225 e. The van der Waals surface area contributed by atoms with E-state index in [2.05, 4.69) is 43.8 Å². The van der Waals surface area contributed by atoms with Gasteiger partial charge in [-0.05, 0) is 25.7 Å². The largest absolute Gasteiger partial charge is 0.375 e. The third kappa shape index (κ3) is 4.12. The van der Waals surface area contributed by atoms with E-state index in [-0.39, 0.29) is 6.04 Å². The summed E-state index contributed by atoms with van der Waals surface area (Å²) >= 11 is 0. The lowest BCUT2D eigenvalue weighted by molar-refractivity contribution is 0.394. The predicted octanol–water partition coefficient (Wildman–Crippen LogP) is 4.28. The Bertz CT molecular complexity index is 1250. The van der Waals surface area contributed by atoms with Gasteiger partial charge in [0.1, 0.15) is 0 Å². The van der Waals surface area contributed by atoms with Gasteiger partial charge in [-0.25, -0.2) is 14.5 Å². The van der Waals surface area contributed by atoms with Crippen LogP contribution in [0.3, 0.4) is 0 Å². The van der Waals surface area contributed by atoms with E-state index in [1.165, 1.54) is 32.1 Å². The normalized spacial score (nSPS) is 16.2. The van der Waals surface area contributed by atoms with Crippen molar-refractivity contribution in [3.05, 3.63) is 36.1 Å². The van der Waals surface area contributed by atoms with Crippen molar-refractivity contribution < 1.29 is 4.52 Å². The molecule has 1 saturated carbocycles. The number of aliphatic imine (C=N–C) groups is 1. The Morgan fingerprint density at radius 2 is 2.09 bits per heavy atom. The average molecular weight is 434 g/mol. The van der Waals surface area contributed by atoms with Crippen molar-refractivity contribution in [3.63, 3.8) is 0 Å². The van der Waals surface area contributed by atoms with E-state index in [0.717, 1.165) is 16.9 Å². The van der Waals surface area contributed by atoms with Gasteiger partial charge in [0.2, 0.25) is 11.7 Å². The Kier molecular flexibility index (Phi) is 5.42. The van der Waals surface area contributed by atoms with Gasteiger partial charge in [-0.2, -0.15) is 15.2 Å². The third-order valence-electron chi connectivity index (χ3n) is 5.86. The van der Waals surface area contributed by atoms with Crippen molar-refractivity contribution >= 4 is 23.4 Å². The predicted molar refractivity (Wildman–Crippen MR) is 121 cm³/mol. The molecule has 1 unspecified atom stereocenters. The molecule has 1 N–H and O–H groups in total. The minimum absolute atomic E-state index is 0.0754. The molecule has 0 aliphatic heterocycles. The lowest BCUT2D eigenvalue weighted by Crippen LogP contribution is -2.08. The van der Waals surface area contributed by atoms with Crippen LogP contribution in [-0.2, 0) is 7.05 Å².